The van der Waals surface area contributed by atoms with Crippen LogP contribution in [-0.2, 0) is 26.2 Å². The molecule has 206 valence electrons. The SMILES string of the molecule is N=C(N)c1ccc(OC(=O)C(F)(F)F)c(CN2CC[C@H](NS(=O)(=O)c3ccc(-c4ccc[n+]([O-])c4)s3)C2=O)c1. The highest BCUT2D eigenvalue weighted by Crippen LogP contribution is 2.31. The lowest BCUT2D eigenvalue weighted by Gasteiger charge is -2.20. The van der Waals surface area contributed by atoms with Crippen molar-refractivity contribution in [2.45, 2.75) is 29.4 Å². The van der Waals surface area contributed by atoms with Crippen LogP contribution in [0.15, 0.2) is 59.1 Å². The minimum absolute atomic E-state index is 0.0291. The zero-order chi connectivity index (χ0) is 28.5. The molecule has 2 aromatic heterocycles. The number of thiophene rings is 1. The molecule has 1 atom stereocenters. The summed E-state index contributed by atoms with van der Waals surface area (Å²) in [5.74, 6) is -3.99. The van der Waals surface area contributed by atoms with Gasteiger partial charge in [-0.1, -0.05) is 0 Å². The van der Waals surface area contributed by atoms with Crippen LogP contribution in [0.4, 0.5) is 13.2 Å². The zero-order valence-electron chi connectivity index (χ0n) is 19.8. The molecule has 0 spiro atoms. The van der Waals surface area contributed by atoms with Crippen LogP contribution in [0.1, 0.15) is 17.5 Å². The number of halogens is 3. The first-order valence-corrected chi connectivity index (χ1v) is 13.4. The lowest BCUT2D eigenvalue weighted by atomic mass is 10.1. The summed E-state index contributed by atoms with van der Waals surface area (Å²) >= 11 is 0.904. The standard InChI is InChI=1S/C23H20F3N5O6S2/c24-23(25,26)22(33)37-17-4-3-13(20(27)28)10-15(17)11-30-9-7-16(21(30)32)29-39(35,36)19-6-5-18(38-19)14-2-1-8-31(34)12-14/h1-6,8,10,12,16,29H,7,9,11H2,(H3,27,28)/t16-/m0/s1. The molecule has 3 aromatic rings. The van der Waals surface area contributed by atoms with Crippen LogP contribution in [0.3, 0.4) is 0 Å². The molecule has 0 aliphatic carbocycles. The average Bonchev–Trinajstić information content (AvgIpc) is 3.48. The maximum Gasteiger partial charge on any atom is 0.491 e. The number of alkyl halides is 3. The predicted octanol–water partition coefficient (Wildman–Crippen LogP) is 1.88. The number of benzene rings is 1. The second kappa shape index (κ2) is 10.6. The Hall–Kier alpha value is -4.02. The van der Waals surface area contributed by atoms with E-state index in [1.165, 1.54) is 47.6 Å². The summed E-state index contributed by atoms with van der Waals surface area (Å²) in [5, 5.41) is 19.1. The minimum atomic E-state index is -5.26. The Kier molecular flexibility index (Phi) is 7.63. The summed E-state index contributed by atoms with van der Waals surface area (Å²) < 4.78 is 71.4. The van der Waals surface area contributed by atoms with Gasteiger partial charge in [0.1, 0.15) is 21.8 Å². The van der Waals surface area contributed by atoms with Gasteiger partial charge in [-0.05, 0) is 42.8 Å². The second-order valence-corrected chi connectivity index (χ2v) is 11.4. The number of nitrogens with one attached hydrogen (secondary N) is 2. The molecule has 3 heterocycles. The maximum absolute atomic E-state index is 13.0. The van der Waals surface area contributed by atoms with Gasteiger partial charge >= 0.3 is 12.1 Å². The van der Waals surface area contributed by atoms with Gasteiger partial charge in [-0.3, -0.25) is 10.2 Å². The first-order valence-electron chi connectivity index (χ1n) is 11.1. The molecule has 1 fully saturated rings. The summed E-state index contributed by atoms with van der Waals surface area (Å²) in [6, 6.07) is 8.32. The molecule has 4 rings (SSSR count). The van der Waals surface area contributed by atoms with Crippen LogP contribution in [0.5, 0.6) is 5.75 Å². The number of likely N-dealkylation sites (tertiary alicyclic amines) is 1. The van der Waals surface area contributed by atoms with Crippen molar-refractivity contribution < 1.29 is 40.6 Å². The molecule has 0 unspecified atom stereocenters. The molecular weight excluding hydrogens is 563 g/mol. The number of rotatable bonds is 8. The molecule has 1 aliphatic rings. The molecule has 16 heteroatoms. The summed E-state index contributed by atoms with van der Waals surface area (Å²) in [4.78, 5) is 26.1. The van der Waals surface area contributed by atoms with Gasteiger partial charge in [0.15, 0.2) is 12.4 Å². The quantitative estimate of drug-likeness (QED) is 0.0908. The van der Waals surface area contributed by atoms with Crippen molar-refractivity contribution in [3.63, 3.8) is 0 Å². The fourth-order valence-corrected chi connectivity index (χ4v) is 6.34. The number of nitrogens with zero attached hydrogens (tertiary/aromatic N) is 2. The number of aromatic nitrogens is 1. The number of hydrogen-bond acceptors (Lipinski definition) is 8. The monoisotopic (exact) mass is 583 g/mol. The van der Waals surface area contributed by atoms with Crippen LogP contribution in [0.2, 0.25) is 0 Å². The first kappa shape index (κ1) is 28.0. The Morgan fingerprint density at radius 2 is 2.03 bits per heavy atom. The molecule has 1 saturated heterocycles. The molecule has 0 saturated carbocycles. The van der Waals surface area contributed by atoms with Gasteiger partial charge in [0.05, 0.1) is 5.56 Å². The number of amides is 1. The molecular formula is C23H20F3N5O6S2. The number of carbonyl (C=O) groups excluding carboxylic acids is 2. The number of carbonyl (C=O) groups is 2. The van der Waals surface area contributed by atoms with E-state index in [2.05, 4.69) is 9.46 Å². The summed E-state index contributed by atoms with van der Waals surface area (Å²) in [7, 11) is -4.13. The normalized spacial score (nSPS) is 15.9. The largest absolute Gasteiger partial charge is 0.619 e. The predicted molar refractivity (Wildman–Crippen MR) is 132 cm³/mol. The van der Waals surface area contributed by atoms with Crippen molar-refractivity contribution in [1.82, 2.24) is 9.62 Å². The van der Waals surface area contributed by atoms with Gasteiger partial charge in [0.2, 0.25) is 5.91 Å². The third-order valence-electron chi connectivity index (χ3n) is 5.67. The number of nitrogen functional groups attached to an aromatic ring is 1. The van der Waals surface area contributed by atoms with E-state index >= 15 is 0 Å². The highest BCUT2D eigenvalue weighted by atomic mass is 32.2. The smallest absolute Gasteiger partial charge is 0.491 e. The van der Waals surface area contributed by atoms with Gasteiger partial charge in [0, 0.05) is 35.2 Å². The van der Waals surface area contributed by atoms with E-state index in [0.29, 0.717) is 15.2 Å². The lowest BCUT2D eigenvalue weighted by molar-refractivity contribution is -0.604. The fourth-order valence-electron chi connectivity index (χ4n) is 3.80. The van der Waals surface area contributed by atoms with Crippen molar-refractivity contribution in [3.05, 3.63) is 71.2 Å². The molecule has 0 radical (unpaired) electrons. The number of nitrogens with two attached hydrogens (primary N) is 1. The molecule has 39 heavy (non-hydrogen) atoms. The van der Waals surface area contributed by atoms with Crippen molar-refractivity contribution in [3.8, 4) is 16.2 Å². The summed E-state index contributed by atoms with van der Waals surface area (Å²) in [6.07, 6.45) is -2.63. The van der Waals surface area contributed by atoms with Gasteiger partial charge in [-0.25, -0.2) is 13.2 Å². The van der Waals surface area contributed by atoms with Crippen LogP contribution >= 0.6 is 11.3 Å². The Balaban J connectivity index is 1.50. The van der Waals surface area contributed by atoms with Crippen molar-refractivity contribution in [2.24, 2.45) is 5.73 Å². The first-order chi connectivity index (χ1) is 18.2. The van der Waals surface area contributed by atoms with Crippen molar-refractivity contribution in [1.29, 1.82) is 5.41 Å². The van der Waals surface area contributed by atoms with E-state index in [-0.39, 0.29) is 34.8 Å². The third-order valence-corrected chi connectivity index (χ3v) is 8.77. The number of hydrogen-bond donors (Lipinski definition) is 3. The van der Waals surface area contributed by atoms with Crippen LogP contribution in [0.25, 0.3) is 10.4 Å². The van der Waals surface area contributed by atoms with Crippen LogP contribution in [-0.4, -0.2) is 49.8 Å². The van der Waals surface area contributed by atoms with E-state index in [4.69, 9.17) is 11.1 Å². The Morgan fingerprint density at radius 1 is 1.28 bits per heavy atom. The van der Waals surface area contributed by atoms with Gasteiger partial charge in [-0.2, -0.15) is 22.6 Å². The van der Waals surface area contributed by atoms with E-state index < -0.39 is 45.7 Å². The maximum atomic E-state index is 13.0. The Bertz CT molecular complexity index is 1560. The topological polar surface area (TPSA) is 170 Å². The number of sulfonamides is 1. The summed E-state index contributed by atoms with van der Waals surface area (Å²) in [6.45, 7) is -0.281. The Morgan fingerprint density at radius 3 is 2.69 bits per heavy atom. The van der Waals surface area contributed by atoms with E-state index in [9.17, 15) is 36.4 Å². The van der Waals surface area contributed by atoms with Gasteiger partial charge in [0.25, 0.3) is 10.0 Å². The van der Waals surface area contributed by atoms with Gasteiger partial charge in [-0.15, -0.1) is 11.3 Å². The van der Waals surface area contributed by atoms with Crippen LogP contribution in [0, 0.1) is 10.6 Å². The summed E-state index contributed by atoms with van der Waals surface area (Å²) in [5.41, 5.74) is 6.06. The van der Waals surface area contributed by atoms with Gasteiger partial charge < -0.3 is 20.6 Å². The molecule has 11 nitrogen and oxygen atoms in total. The highest BCUT2D eigenvalue weighted by Gasteiger charge is 2.42. The van der Waals surface area contributed by atoms with E-state index in [1.807, 2.05) is 0 Å². The lowest BCUT2D eigenvalue weighted by Crippen LogP contribution is -2.41. The Labute approximate surface area is 223 Å². The third kappa shape index (κ3) is 6.35. The molecule has 4 N–H and O–H groups in total. The second-order valence-electron chi connectivity index (χ2n) is 8.42. The number of amidine groups is 1. The van der Waals surface area contributed by atoms with E-state index in [0.717, 1.165) is 17.4 Å². The number of pyridine rings is 1. The van der Waals surface area contributed by atoms with Crippen molar-refractivity contribution in [2.75, 3.05) is 6.54 Å². The molecule has 1 aliphatic heterocycles. The molecule has 1 aromatic carbocycles. The van der Waals surface area contributed by atoms with E-state index in [1.54, 1.807) is 6.07 Å². The van der Waals surface area contributed by atoms with Crippen LogP contribution < -0.4 is 19.9 Å². The zero-order valence-corrected chi connectivity index (χ0v) is 21.4. The fraction of sp³-hybridized carbons (Fsp3) is 0.217. The number of esters is 1. The highest BCUT2D eigenvalue weighted by molar-refractivity contribution is 7.91. The molecule has 1 amide bonds. The number of ether oxygens (including phenoxy) is 1. The molecule has 0 bridgehead atoms. The average molecular weight is 584 g/mol. The minimum Gasteiger partial charge on any atom is -0.619 e. The van der Waals surface area contributed by atoms with Crippen molar-refractivity contribution >= 4 is 39.1 Å².